The fourth-order valence-corrected chi connectivity index (χ4v) is 2.40. The summed E-state index contributed by atoms with van der Waals surface area (Å²) in [6.07, 6.45) is 0. The molecule has 0 aliphatic carbocycles. The fourth-order valence-electron chi connectivity index (χ4n) is 1.93. The van der Waals surface area contributed by atoms with Crippen LogP contribution >= 0.6 is 23.2 Å². The molecule has 0 fully saturated rings. The van der Waals surface area contributed by atoms with Crippen LogP contribution in [0.15, 0.2) is 36.4 Å². The minimum atomic E-state index is -0.485. The van der Waals surface area contributed by atoms with Crippen molar-refractivity contribution in [2.45, 2.75) is 20.8 Å². The van der Waals surface area contributed by atoms with Crippen LogP contribution < -0.4 is 5.32 Å². The van der Waals surface area contributed by atoms with Crippen LogP contribution in [0.2, 0.25) is 10.0 Å². The number of hydrogen-bond acceptors (Lipinski definition) is 5. The second kappa shape index (κ2) is 11.4. The van der Waals surface area contributed by atoms with Crippen molar-refractivity contribution < 1.29 is 14.3 Å². The lowest BCUT2D eigenvalue weighted by Gasteiger charge is -2.15. The molecule has 0 aliphatic heterocycles. The first-order chi connectivity index (χ1) is 12.5. The number of nitriles is 1. The number of benzene rings is 2. The van der Waals surface area contributed by atoms with Gasteiger partial charge >= 0.3 is 5.97 Å². The molecule has 0 aromatic heterocycles. The van der Waals surface area contributed by atoms with E-state index in [4.69, 9.17) is 37.9 Å². The first-order valence-electron chi connectivity index (χ1n) is 7.82. The summed E-state index contributed by atoms with van der Waals surface area (Å²) in [5.41, 5.74) is 2.37. The van der Waals surface area contributed by atoms with Gasteiger partial charge < -0.3 is 14.8 Å². The van der Waals surface area contributed by atoms with Gasteiger partial charge in [0.05, 0.1) is 33.1 Å². The summed E-state index contributed by atoms with van der Waals surface area (Å²) in [5, 5.41) is 11.4. The van der Waals surface area contributed by atoms with Crippen molar-refractivity contribution >= 4 is 40.5 Å². The molecule has 26 heavy (non-hydrogen) atoms. The Hall–Kier alpha value is -2.26. The van der Waals surface area contributed by atoms with Gasteiger partial charge in [0.1, 0.15) is 0 Å². The third-order valence-corrected chi connectivity index (χ3v) is 3.97. The Morgan fingerprint density at radius 1 is 1.23 bits per heavy atom. The number of nitrogens with one attached hydrogen (secondary N) is 1. The first-order valence-corrected chi connectivity index (χ1v) is 8.58. The second-order valence-corrected chi connectivity index (χ2v) is 5.78. The number of ether oxygens (including phenoxy) is 2. The minimum Gasteiger partial charge on any atom is -0.435 e. The number of hydrogen-bond donors (Lipinski definition) is 1. The highest BCUT2D eigenvalue weighted by Crippen LogP contribution is 2.36. The molecule has 0 saturated carbocycles. The van der Waals surface area contributed by atoms with Gasteiger partial charge in [-0.1, -0.05) is 41.4 Å². The molecular weight excluding hydrogens is 375 g/mol. The molecule has 0 saturated heterocycles. The number of halogens is 2. The molecule has 1 N–H and O–H groups in total. The van der Waals surface area contributed by atoms with Crippen LogP contribution in [0.5, 0.6) is 0 Å². The zero-order chi connectivity index (χ0) is 19.5. The molecule has 5 nitrogen and oxygen atoms in total. The van der Waals surface area contributed by atoms with Crippen molar-refractivity contribution in [2.24, 2.45) is 0 Å². The molecule has 0 atom stereocenters. The highest BCUT2D eigenvalue weighted by Gasteiger charge is 2.15. The SMILES string of the molecule is CC#N.CCOCOC(=O)c1ccccc1Nc1c(Cl)ccc(C)c1Cl. The molecule has 2 aromatic carbocycles. The minimum absolute atomic E-state index is 0.0877. The standard InChI is InChI=1S/C17H17Cl2NO3.C2H3N/c1-3-22-10-23-17(21)12-6-4-5-7-14(12)20-16-13(18)9-8-11(2)15(16)19;1-2-3/h4-9,20H,3,10H2,1-2H3;1H3. The maximum Gasteiger partial charge on any atom is 0.342 e. The highest BCUT2D eigenvalue weighted by atomic mass is 35.5. The monoisotopic (exact) mass is 394 g/mol. The predicted octanol–water partition coefficient (Wildman–Crippen LogP) is 5.73. The van der Waals surface area contributed by atoms with E-state index in [0.29, 0.717) is 33.6 Å². The summed E-state index contributed by atoms with van der Waals surface area (Å²) in [5.74, 6) is -0.485. The third-order valence-electron chi connectivity index (χ3n) is 3.17. The fraction of sp³-hybridized carbons (Fsp3) is 0.263. The summed E-state index contributed by atoms with van der Waals surface area (Å²) in [6.45, 7) is 5.52. The molecule has 0 amide bonds. The zero-order valence-corrected chi connectivity index (χ0v) is 16.3. The average molecular weight is 395 g/mol. The summed E-state index contributed by atoms with van der Waals surface area (Å²) in [6, 6.07) is 12.3. The molecular formula is C19H20Cl2N2O3. The van der Waals surface area contributed by atoms with Crippen molar-refractivity contribution in [1.82, 2.24) is 0 Å². The number of aryl methyl sites for hydroxylation is 1. The second-order valence-electron chi connectivity index (χ2n) is 4.99. The Morgan fingerprint density at radius 2 is 1.88 bits per heavy atom. The number of para-hydroxylation sites is 1. The molecule has 138 valence electrons. The molecule has 2 aromatic rings. The smallest absolute Gasteiger partial charge is 0.342 e. The maximum absolute atomic E-state index is 12.2. The van der Waals surface area contributed by atoms with Crippen molar-refractivity contribution in [1.29, 1.82) is 5.26 Å². The van der Waals surface area contributed by atoms with E-state index in [1.165, 1.54) is 6.92 Å². The van der Waals surface area contributed by atoms with E-state index >= 15 is 0 Å². The van der Waals surface area contributed by atoms with Crippen LogP contribution in [0.4, 0.5) is 11.4 Å². The number of carbonyl (C=O) groups excluding carboxylic acids is 1. The van der Waals surface area contributed by atoms with E-state index in [2.05, 4.69) is 5.32 Å². The first kappa shape index (κ1) is 21.8. The number of anilines is 2. The Bertz CT molecular complexity index is 789. The Balaban J connectivity index is 0.00000105. The highest BCUT2D eigenvalue weighted by molar-refractivity contribution is 6.39. The van der Waals surface area contributed by atoms with Gasteiger partial charge in [0.15, 0.2) is 6.79 Å². The van der Waals surface area contributed by atoms with E-state index in [9.17, 15) is 4.79 Å². The number of carbonyl (C=O) groups is 1. The molecule has 0 bridgehead atoms. The van der Waals surface area contributed by atoms with E-state index < -0.39 is 5.97 Å². The lowest BCUT2D eigenvalue weighted by molar-refractivity contribution is -0.0273. The molecule has 0 radical (unpaired) electrons. The normalized spacial score (nSPS) is 9.54. The quantitative estimate of drug-likeness (QED) is 0.384. The largest absolute Gasteiger partial charge is 0.435 e. The van der Waals surface area contributed by atoms with Crippen molar-refractivity contribution in [2.75, 3.05) is 18.7 Å². The van der Waals surface area contributed by atoms with Crippen LogP contribution in [0.1, 0.15) is 29.8 Å². The van der Waals surface area contributed by atoms with E-state index in [0.717, 1.165) is 5.56 Å². The number of nitrogens with zero attached hydrogens (tertiary/aromatic N) is 1. The van der Waals surface area contributed by atoms with Gasteiger partial charge in [0.25, 0.3) is 0 Å². The van der Waals surface area contributed by atoms with E-state index in [1.54, 1.807) is 36.4 Å². The predicted molar refractivity (Wildman–Crippen MR) is 104 cm³/mol. The molecule has 0 unspecified atom stereocenters. The van der Waals surface area contributed by atoms with Gasteiger partial charge in [-0.15, -0.1) is 0 Å². The number of esters is 1. The molecule has 0 spiro atoms. The van der Waals surface area contributed by atoms with Gasteiger partial charge in [-0.25, -0.2) is 4.79 Å². The van der Waals surface area contributed by atoms with Crippen LogP contribution in [-0.4, -0.2) is 19.4 Å². The van der Waals surface area contributed by atoms with Gasteiger partial charge in [0, 0.05) is 13.5 Å². The molecule has 7 heteroatoms. The van der Waals surface area contributed by atoms with Crippen molar-refractivity contribution in [3.8, 4) is 6.07 Å². The lowest BCUT2D eigenvalue weighted by Crippen LogP contribution is -2.11. The Morgan fingerprint density at radius 3 is 2.54 bits per heavy atom. The van der Waals surface area contributed by atoms with Crippen molar-refractivity contribution in [3.63, 3.8) is 0 Å². The maximum atomic E-state index is 12.2. The van der Waals surface area contributed by atoms with Gasteiger partial charge in [-0.2, -0.15) is 5.26 Å². The van der Waals surface area contributed by atoms with Gasteiger partial charge in [-0.3, -0.25) is 0 Å². The summed E-state index contributed by atoms with van der Waals surface area (Å²) < 4.78 is 10.1. The van der Waals surface area contributed by atoms with Crippen LogP contribution in [0.25, 0.3) is 0 Å². The van der Waals surface area contributed by atoms with Crippen LogP contribution in [0, 0.1) is 18.3 Å². The average Bonchev–Trinajstić information content (AvgIpc) is 2.63. The van der Waals surface area contributed by atoms with Crippen LogP contribution in [0.3, 0.4) is 0 Å². The molecule has 2 rings (SSSR count). The lowest BCUT2D eigenvalue weighted by atomic mass is 10.1. The molecule has 0 heterocycles. The van der Waals surface area contributed by atoms with Gasteiger partial charge in [0.2, 0.25) is 0 Å². The topological polar surface area (TPSA) is 71.3 Å². The third kappa shape index (κ3) is 6.23. The number of rotatable bonds is 6. The molecule has 0 aliphatic rings. The summed E-state index contributed by atoms with van der Waals surface area (Å²) in [4.78, 5) is 12.2. The van der Waals surface area contributed by atoms with E-state index in [1.807, 2.05) is 19.9 Å². The van der Waals surface area contributed by atoms with Gasteiger partial charge in [-0.05, 0) is 37.6 Å². The van der Waals surface area contributed by atoms with Crippen molar-refractivity contribution in [3.05, 3.63) is 57.6 Å². The summed E-state index contributed by atoms with van der Waals surface area (Å²) >= 11 is 12.5. The zero-order valence-electron chi connectivity index (χ0n) is 14.8. The Kier molecular flexibility index (Phi) is 9.53. The summed E-state index contributed by atoms with van der Waals surface area (Å²) in [7, 11) is 0. The van der Waals surface area contributed by atoms with Crippen LogP contribution in [-0.2, 0) is 9.47 Å². The Labute approximate surface area is 163 Å². The van der Waals surface area contributed by atoms with E-state index in [-0.39, 0.29) is 6.79 Å².